The van der Waals surface area contributed by atoms with Crippen molar-refractivity contribution in [2.75, 3.05) is 0 Å². The number of aldehydes is 1. The normalized spacial score (nSPS) is 9.75. The third-order valence-corrected chi connectivity index (χ3v) is 2.16. The van der Waals surface area contributed by atoms with Crippen molar-refractivity contribution in [1.29, 1.82) is 5.26 Å². The predicted octanol–water partition coefficient (Wildman–Crippen LogP) is 1.26. The van der Waals surface area contributed by atoms with Crippen LogP contribution in [0.1, 0.15) is 21.6 Å². The summed E-state index contributed by atoms with van der Waals surface area (Å²) in [5, 5.41) is 12.8. The van der Waals surface area contributed by atoms with E-state index in [-0.39, 0.29) is 0 Å². The molecular formula is C11H8N4O. The number of aromatic nitrogens is 3. The maximum Gasteiger partial charge on any atom is 0.153 e. The molecule has 0 aliphatic heterocycles. The topological polar surface area (TPSA) is 71.6 Å². The molecular weight excluding hydrogens is 204 g/mol. The third-order valence-electron chi connectivity index (χ3n) is 2.16. The first-order valence-corrected chi connectivity index (χ1v) is 4.62. The van der Waals surface area contributed by atoms with Gasteiger partial charge in [0.1, 0.15) is 6.07 Å². The number of carbonyl (C=O) groups excluding carboxylic acids is 1. The van der Waals surface area contributed by atoms with Crippen molar-refractivity contribution >= 4 is 6.29 Å². The maximum atomic E-state index is 10.5. The lowest BCUT2D eigenvalue weighted by atomic mass is 10.2. The Balaban J connectivity index is 2.45. The van der Waals surface area contributed by atoms with Gasteiger partial charge >= 0.3 is 0 Å². The first kappa shape index (κ1) is 10.1. The highest BCUT2D eigenvalue weighted by Gasteiger charge is 2.04. The van der Waals surface area contributed by atoms with Gasteiger partial charge in [0.15, 0.2) is 12.1 Å². The van der Waals surface area contributed by atoms with Crippen molar-refractivity contribution in [3.63, 3.8) is 0 Å². The van der Waals surface area contributed by atoms with Crippen molar-refractivity contribution in [2.45, 2.75) is 6.92 Å². The summed E-state index contributed by atoms with van der Waals surface area (Å²) in [6, 6.07) is 5.41. The quantitative estimate of drug-likeness (QED) is 0.702. The standard InChI is InChI=1S/C11H8N4O/c1-8-10(4-12)2-3-11(14-8)15-6-9(7-16)5-13-15/h2-3,5-7H,1H3. The van der Waals surface area contributed by atoms with Gasteiger partial charge in [-0.15, -0.1) is 0 Å². The number of nitriles is 1. The Morgan fingerprint density at radius 1 is 1.50 bits per heavy atom. The smallest absolute Gasteiger partial charge is 0.153 e. The van der Waals surface area contributed by atoms with Crippen molar-refractivity contribution < 1.29 is 4.79 Å². The van der Waals surface area contributed by atoms with Crippen molar-refractivity contribution in [3.05, 3.63) is 41.3 Å². The minimum Gasteiger partial charge on any atom is -0.298 e. The number of nitrogens with zero attached hydrogens (tertiary/aromatic N) is 4. The number of hydrogen-bond donors (Lipinski definition) is 0. The van der Waals surface area contributed by atoms with Gasteiger partial charge in [0.25, 0.3) is 0 Å². The zero-order valence-electron chi connectivity index (χ0n) is 8.58. The zero-order chi connectivity index (χ0) is 11.5. The van der Waals surface area contributed by atoms with Crippen molar-refractivity contribution in [3.8, 4) is 11.9 Å². The summed E-state index contributed by atoms with van der Waals surface area (Å²) in [6.45, 7) is 1.76. The first-order valence-electron chi connectivity index (χ1n) is 4.62. The minimum absolute atomic E-state index is 0.490. The highest BCUT2D eigenvalue weighted by Crippen LogP contribution is 2.09. The average Bonchev–Trinajstić information content (AvgIpc) is 2.77. The lowest BCUT2D eigenvalue weighted by Gasteiger charge is -2.02. The fraction of sp³-hybridized carbons (Fsp3) is 0.0909. The molecule has 0 atom stereocenters. The van der Waals surface area contributed by atoms with E-state index in [4.69, 9.17) is 5.26 Å². The van der Waals surface area contributed by atoms with Crippen LogP contribution >= 0.6 is 0 Å². The predicted molar refractivity (Wildman–Crippen MR) is 56.2 cm³/mol. The minimum atomic E-state index is 0.490. The Morgan fingerprint density at radius 2 is 2.31 bits per heavy atom. The van der Waals surface area contributed by atoms with E-state index in [2.05, 4.69) is 10.1 Å². The van der Waals surface area contributed by atoms with E-state index < -0.39 is 0 Å². The molecule has 0 saturated carbocycles. The molecule has 0 unspecified atom stereocenters. The Hall–Kier alpha value is -2.48. The highest BCUT2D eigenvalue weighted by atomic mass is 16.1. The van der Waals surface area contributed by atoms with Gasteiger partial charge in [0.2, 0.25) is 0 Å². The number of hydrogen-bond acceptors (Lipinski definition) is 4. The van der Waals surface area contributed by atoms with Crippen LogP contribution < -0.4 is 0 Å². The third kappa shape index (κ3) is 1.68. The van der Waals surface area contributed by atoms with Gasteiger partial charge < -0.3 is 0 Å². The van der Waals surface area contributed by atoms with Gasteiger partial charge in [-0.1, -0.05) is 0 Å². The second-order valence-corrected chi connectivity index (χ2v) is 3.25. The van der Waals surface area contributed by atoms with Gasteiger partial charge in [0.05, 0.1) is 23.0 Å². The molecule has 78 valence electrons. The van der Waals surface area contributed by atoms with E-state index >= 15 is 0 Å². The Morgan fingerprint density at radius 3 is 2.88 bits per heavy atom. The Bertz CT molecular complexity index is 580. The summed E-state index contributed by atoms with van der Waals surface area (Å²) in [7, 11) is 0. The molecule has 2 rings (SSSR count). The maximum absolute atomic E-state index is 10.5. The second kappa shape index (κ2) is 3.95. The van der Waals surface area contributed by atoms with Crippen molar-refractivity contribution in [2.24, 2.45) is 0 Å². The zero-order valence-corrected chi connectivity index (χ0v) is 8.58. The fourth-order valence-electron chi connectivity index (χ4n) is 1.32. The molecule has 0 aliphatic carbocycles. The molecule has 0 aromatic carbocycles. The number of pyridine rings is 1. The molecule has 0 saturated heterocycles. The number of carbonyl (C=O) groups is 1. The van der Waals surface area contributed by atoms with E-state index in [1.165, 1.54) is 10.9 Å². The first-order chi connectivity index (χ1) is 7.74. The highest BCUT2D eigenvalue weighted by molar-refractivity contribution is 5.73. The summed E-state index contributed by atoms with van der Waals surface area (Å²) in [5.74, 6) is 0.588. The molecule has 2 heterocycles. The Kier molecular flexibility index (Phi) is 2.48. The van der Waals surface area contributed by atoms with E-state index in [9.17, 15) is 4.79 Å². The van der Waals surface area contributed by atoms with Crippen LogP contribution in [0.15, 0.2) is 24.5 Å². The summed E-state index contributed by atoms with van der Waals surface area (Å²) in [5.41, 5.74) is 1.67. The molecule has 16 heavy (non-hydrogen) atoms. The largest absolute Gasteiger partial charge is 0.298 e. The SMILES string of the molecule is Cc1nc(-n2cc(C=O)cn2)ccc1C#N. The Labute approximate surface area is 92.0 Å². The molecule has 0 aliphatic rings. The van der Waals surface area contributed by atoms with E-state index in [1.807, 2.05) is 6.07 Å². The molecule has 0 spiro atoms. The van der Waals surface area contributed by atoms with Crippen LogP contribution in [-0.2, 0) is 0 Å². The molecule has 2 aromatic heterocycles. The van der Waals surface area contributed by atoms with Gasteiger partial charge in [-0.25, -0.2) is 9.67 Å². The molecule has 0 amide bonds. The monoisotopic (exact) mass is 212 g/mol. The van der Waals surface area contributed by atoms with E-state index in [0.717, 1.165) is 6.29 Å². The van der Waals surface area contributed by atoms with Crippen LogP contribution in [0.4, 0.5) is 0 Å². The van der Waals surface area contributed by atoms with Crippen LogP contribution in [0.25, 0.3) is 5.82 Å². The van der Waals surface area contributed by atoms with Crippen LogP contribution in [0.3, 0.4) is 0 Å². The van der Waals surface area contributed by atoms with E-state index in [1.54, 1.807) is 25.3 Å². The lowest BCUT2D eigenvalue weighted by Crippen LogP contribution is -2.00. The summed E-state index contributed by atoms with van der Waals surface area (Å²) >= 11 is 0. The number of rotatable bonds is 2. The van der Waals surface area contributed by atoms with Crippen LogP contribution in [0.2, 0.25) is 0 Å². The molecule has 0 fully saturated rings. The van der Waals surface area contributed by atoms with Gasteiger partial charge in [-0.05, 0) is 19.1 Å². The fourth-order valence-corrected chi connectivity index (χ4v) is 1.32. The van der Waals surface area contributed by atoms with Crippen LogP contribution in [-0.4, -0.2) is 21.1 Å². The second-order valence-electron chi connectivity index (χ2n) is 3.25. The molecule has 0 radical (unpaired) electrons. The van der Waals surface area contributed by atoms with Gasteiger partial charge in [-0.3, -0.25) is 4.79 Å². The number of aryl methyl sites for hydroxylation is 1. The summed E-state index contributed by atoms with van der Waals surface area (Å²) in [6.07, 6.45) is 3.77. The average molecular weight is 212 g/mol. The molecule has 2 aromatic rings. The van der Waals surface area contributed by atoms with Gasteiger partial charge in [-0.2, -0.15) is 10.4 Å². The molecule has 0 bridgehead atoms. The molecule has 5 heteroatoms. The lowest BCUT2D eigenvalue weighted by molar-refractivity contribution is 0.112. The summed E-state index contributed by atoms with van der Waals surface area (Å²) in [4.78, 5) is 14.7. The van der Waals surface area contributed by atoms with Crippen LogP contribution in [0.5, 0.6) is 0 Å². The molecule has 0 N–H and O–H groups in total. The van der Waals surface area contributed by atoms with Gasteiger partial charge in [0, 0.05) is 6.20 Å². The molecule has 5 nitrogen and oxygen atoms in total. The summed E-state index contributed by atoms with van der Waals surface area (Å²) < 4.78 is 1.50. The van der Waals surface area contributed by atoms with Crippen LogP contribution in [0, 0.1) is 18.3 Å². The van der Waals surface area contributed by atoms with E-state index in [0.29, 0.717) is 22.6 Å². The van der Waals surface area contributed by atoms with Crippen molar-refractivity contribution in [1.82, 2.24) is 14.8 Å².